The highest BCUT2D eigenvalue weighted by molar-refractivity contribution is 8.72. The Balaban J connectivity index is 4.32. The van der Waals surface area contributed by atoms with Crippen LogP contribution in [0.1, 0.15) is 34.1 Å². The average Bonchev–Trinajstić information content (AvgIpc) is 2.36. The van der Waals surface area contributed by atoms with Gasteiger partial charge in [-0.05, 0) is 38.0 Å². The molecule has 0 saturated heterocycles. The van der Waals surface area contributed by atoms with Crippen LogP contribution in [0, 0.1) is 0 Å². The molecular formula is C11H26O5S2Si. The zero-order valence-electron chi connectivity index (χ0n) is 12.3. The molecule has 5 nitrogen and oxygen atoms in total. The molecule has 0 aromatic heterocycles. The SMILES string of the molecule is CCO[Si](CCCSS(=O)(=O)CC)(OCC)OCC. The predicted molar refractivity (Wildman–Crippen MR) is 82.0 cm³/mol. The topological polar surface area (TPSA) is 61.8 Å². The number of hydrogen-bond acceptors (Lipinski definition) is 6. The third-order valence-corrected chi connectivity index (χ3v) is 9.29. The minimum atomic E-state index is -2.96. The molecule has 0 aliphatic heterocycles. The monoisotopic (exact) mass is 330 g/mol. The molecule has 0 atom stereocenters. The molecule has 8 heteroatoms. The Labute approximate surface area is 122 Å². The van der Waals surface area contributed by atoms with Crippen molar-refractivity contribution in [1.29, 1.82) is 0 Å². The molecule has 0 rings (SSSR count). The molecule has 0 saturated carbocycles. The highest BCUT2D eigenvalue weighted by Crippen LogP contribution is 2.22. The minimum Gasteiger partial charge on any atom is -0.374 e. The average molecular weight is 331 g/mol. The van der Waals surface area contributed by atoms with Crippen LogP contribution in [0.15, 0.2) is 0 Å². The van der Waals surface area contributed by atoms with Crippen molar-refractivity contribution in [2.24, 2.45) is 0 Å². The van der Waals surface area contributed by atoms with Gasteiger partial charge in [-0.15, -0.1) is 0 Å². The first-order valence-electron chi connectivity index (χ1n) is 6.74. The Morgan fingerprint density at radius 1 is 0.947 bits per heavy atom. The van der Waals surface area contributed by atoms with Crippen molar-refractivity contribution in [3.63, 3.8) is 0 Å². The van der Waals surface area contributed by atoms with E-state index in [0.29, 0.717) is 31.6 Å². The van der Waals surface area contributed by atoms with Gasteiger partial charge in [-0.3, -0.25) is 0 Å². The second-order valence-corrected chi connectivity index (χ2v) is 11.1. The molecule has 0 aromatic carbocycles. The van der Waals surface area contributed by atoms with Crippen LogP contribution in [0.25, 0.3) is 0 Å². The smallest absolute Gasteiger partial charge is 0.374 e. The molecule has 0 amide bonds. The van der Waals surface area contributed by atoms with E-state index < -0.39 is 17.7 Å². The number of rotatable bonds is 12. The van der Waals surface area contributed by atoms with E-state index in [9.17, 15) is 8.42 Å². The highest BCUT2D eigenvalue weighted by atomic mass is 33.1. The Kier molecular flexibility index (Phi) is 10.4. The van der Waals surface area contributed by atoms with Crippen LogP contribution < -0.4 is 0 Å². The second-order valence-electron chi connectivity index (χ2n) is 3.75. The number of hydrogen-bond donors (Lipinski definition) is 0. The fraction of sp³-hybridized carbons (Fsp3) is 1.00. The van der Waals surface area contributed by atoms with E-state index in [-0.39, 0.29) is 5.75 Å². The van der Waals surface area contributed by atoms with Crippen LogP contribution in [0.2, 0.25) is 6.04 Å². The highest BCUT2D eigenvalue weighted by Gasteiger charge is 2.39. The zero-order chi connectivity index (χ0) is 14.8. The Morgan fingerprint density at radius 2 is 1.42 bits per heavy atom. The van der Waals surface area contributed by atoms with Gasteiger partial charge in [-0.1, -0.05) is 6.92 Å². The minimum absolute atomic E-state index is 0.169. The molecule has 0 aromatic rings. The maximum atomic E-state index is 11.4. The van der Waals surface area contributed by atoms with Crippen LogP contribution >= 0.6 is 10.8 Å². The van der Waals surface area contributed by atoms with E-state index in [1.54, 1.807) is 6.92 Å². The van der Waals surface area contributed by atoms with Gasteiger partial charge in [0.25, 0.3) is 0 Å². The van der Waals surface area contributed by atoms with Gasteiger partial charge in [0.15, 0.2) is 0 Å². The molecule has 0 radical (unpaired) electrons. The molecule has 0 bridgehead atoms. The molecule has 0 aliphatic carbocycles. The van der Waals surface area contributed by atoms with Gasteiger partial charge in [-0.2, -0.15) is 0 Å². The summed E-state index contributed by atoms with van der Waals surface area (Å²) in [6.07, 6.45) is 0.718. The van der Waals surface area contributed by atoms with E-state index >= 15 is 0 Å². The van der Waals surface area contributed by atoms with Gasteiger partial charge < -0.3 is 13.3 Å². The van der Waals surface area contributed by atoms with E-state index in [2.05, 4.69) is 0 Å². The van der Waals surface area contributed by atoms with Gasteiger partial charge in [0, 0.05) is 31.6 Å². The van der Waals surface area contributed by atoms with Crippen LogP contribution in [0.4, 0.5) is 0 Å². The van der Waals surface area contributed by atoms with Crippen molar-refractivity contribution < 1.29 is 21.7 Å². The summed E-state index contributed by atoms with van der Waals surface area (Å²) in [7, 11) is -4.57. The van der Waals surface area contributed by atoms with Crippen LogP contribution in [0.5, 0.6) is 0 Å². The molecule has 0 N–H and O–H groups in total. The van der Waals surface area contributed by atoms with Gasteiger partial charge >= 0.3 is 8.80 Å². The van der Waals surface area contributed by atoms with Gasteiger partial charge in [-0.25, -0.2) is 8.42 Å². The first-order chi connectivity index (χ1) is 8.95. The van der Waals surface area contributed by atoms with Gasteiger partial charge in [0.2, 0.25) is 8.87 Å². The maximum absolute atomic E-state index is 11.4. The Hall–Kier alpha value is 0.397. The van der Waals surface area contributed by atoms with Crippen molar-refractivity contribution >= 4 is 28.5 Å². The van der Waals surface area contributed by atoms with E-state index in [0.717, 1.165) is 17.2 Å². The Bertz CT molecular complexity index is 304. The lowest BCUT2D eigenvalue weighted by Crippen LogP contribution is -2.46. The zero-order valence-corrected chi connectivity index (χ0v) is 14.9. The third kappa shape index (κ3) is 8.31. The van der Waals surface area contributed by atoms with Crippen LogP contribution in [0.3, 0.4) is 0 Å². The predicted octanol–water partition coefficient (Wildman–Crippen LogP) is 2.51. The summed E-state index contributed by atoms with van der Waals surface area (Å²) in [5.41, 5.74) is 0. The van der Waals surface area contributed by atoms with E-state index in [4.69, 9.17) is 13.3 Å². The molecule has 19 heavy (non-hydrogen) atoms. The largest absolute Gasteiger partial charge is 0.500 e. The summed E-state index contributed by atoms with van der Waals surface area (Å²) in [6.45, 7) is 9.04. The molecular weight excluding hydrogens is 304 g/mol. The van der Waals surface area contributed by atoms with Gasteiger partial charge in [0.05, 0.1) is 5.75 Å². The van der Waals surface area contributed by atoms with Crippen molar-refractivity contribution in [2.45, 2.75) is 40.2 Å². The quantitative estimate of drug-likeness (QED) is 0.311. The van der Waals surface area contributed by atoms with Crippen molar-refractivity contribution in [1.82, 2.24) is 0 Å². The lowest BCUT2D eigenvalue weighted by atomic mass is 10.6. The molecule has 0 aliphatic rings. The lowest BCUT2D eigenvalue weighted by Gasteiger charge is -2.28. The van der Waals surface area contributed by atoms with Crippen LogP contribution in [-0.2, 0) is 22.1 Å². The molecule has 0 spiro atoms. The first kappa shape index (κ1) is 19.4. The fourth-order valence-corrected chi connectivity index (χ4v) is 6.73. The summed E-state index contributed by atoms with van der Waals surface area (Å²) in [5.74, 6) is 0.723. The summed E-state index contributed by atoms with van der Waals surface area (Å²) in [5, 5.41) is 0. The standard InChI is InChI=1S/C11H26O5S2Si/c1-5-14-19(15-6-2,16-7-3)11-9-10-17-18(12,13)8-4/h5-11H2,1-4H3. The maximum Gasteiger partial charge on any atom is 0.500 e. The summed E-state index contributed by atoms with van der Waals surface area (Å²) in [4.78, 5) is 0. The van der Waals surface area contributed by atoms with Crippen LogP contribution in [-0.4, -0.2) is 48.5 Å². The second kappa shape index (κ2) is 10.2. The molecule has 0 heterocycles. The van der Waals surface area contributed by atoms with Crippen molar-refractivity contribution in [3.05, 3.63) is 0 Å². The van der Waals surface area contributed by atoms with E-state index in [1.807, 2.05) is 20.8 Å². The third-order valence-electron chi connectivity index (χ3n) is 2.34. The van der Waals surface area contributed by atoms with Gasteiger partial charge in [0.1, 0.15) is 0 Å². The summed E-state index contributed by atoms with van der Waals surface area (Å²) in [6, 6.07) is 0.661. The van der Waals surface area contributed by atoms with Crippen molar-refractivity contribution in [3.8, 4) is 0 Å². The molecule has 0 unspecified atom stereocenters. The molecule has 0 fully saturated rings. The first-order valence-corrected chi connectivity index (χ1v) is 11.8. The Morgan fingerprint density at radius 3 is 1.79 bits per heavy atom. The fourth-order valence-electron chi connectivity index (χ4n) is 1.56. The lowest BCUT2D eigenvalue weighted by molar-refractivity contribution is 0.0712. The summed E-state index contributed by atoms with van der Waals surface area (Å²) < 4.78 is 39.9. The van der Waals surface area contributed by atoms with E-state index in [1.165, 1.54) is 0 Å². The van der Waals surface area contributed by atoms with Crippen molar-refractivity contribution in [2.75, 3.05) is 31.3 Å². The molecule has 116 valence electrons. The summed E-state index contributed by atoms with van der Waals surface area (Å²) >= 11 is 0. The normalized spacial score (nSPS) is 12.8.